The highest BCUT2D eigenvalue weighted by Crippen LogP contribution is 2.25. The van der Waals surface area contributed by atoms with Gasteiger partial charge in [0.2, 0.25) is 5.78 Å². The third-order valence-electron chi connectivity index (χ3n) is 4.13. The highest BCUT2D eigenvalue weighted by Gasteiger charge is 2.10. The molecule has 2 heterocycles. The molecule has 0 aliphatic rings. The van der Waals surface area contributed by atoms with E-state index >= 15 is 0 Å². The Kier molecular flexibility index (Phi) is 5.08. The van der Waals surface area contributed by atoms with Crippen molar-refractivity contribution in [1.82, 2.24) is 0 Å². The van der Waals surface area contributed by atoms with Crippen molar-refractivity contribution >= 4 is 27.8 Å². The van der Waals surface area contributed by atoms with E-state index in [0.29, 0.717) is 17.1 Å². The number of carbonyl (C=O) groups excluding carboxylic acids is 1. The summed E-state index contributed by atoms with van der Waals surface area (Å²) in [5, 5.41) is 0. The van der Waals surface area contributed by atoms with Crippen LogP contribution in [0.5, 0.6) is 0 Å². The number of carbonyl (C=O) groups is 1. The molecule has 0 amide bonds. The van der Waals surface area contributed by atoms with Gasteiger partial charge in [-0.1, -0.05) is 28.1 Å². The first-order valence-electron chi connectivity index (χ1n) is 8.52. The van der Waals surface area contributed by atoms with Crippen LogP contribution in [0.1, 0.15) is 16.3 Å². The van der Waals surface area contributed by atoms with E-state index in [1.807, 2.05) is 30.3 Å². The van der Waals surface area contributed by atoms with Gasteiger partial charge < -0.3 is 8.83 Å². The van der Waals surface area contributed by atoms with Crippen molar-refractivity contribution in [2.75, 3.05) is 0 Å². The molecule has 3 nitrogen and oxygen atoms in total. The summed E-state index contributed by atoms with van der Waals surface area (Å²) in [5.41, 5.74) is 1.65. The van der Waals surface area contributed by atoms with Crippen molar-refractivity contribution in [3.8, 4) is 22.6 Å². The summed E-state index contributed by atoms with van der Waals surface area (Å²) in [6.07, 6.45) is 3.00. The lowest BCUT2D eigenvalue weighted by atomic mass is 10.2. The van der Waals surface area contributed by atoms with Gasteiger partial charge in [0.15, 0.2) is 5.76 Å². The van der Waals surface area contributed by atoms with E-state index in [1.165, 1.54) is 18.2 Å². The minimum absolute atomic E-state index is 0.204. The van der Waals surface area contributed by atoms with Crippen LogP contribution in [-0.2, 0) is 0 Å². The Hall–Kier alpha value is -3.18. The fourth-order valence-electron chi connectivity index (χ4n) is 2.69. The Labute approximate surface area is 169 Å². The summed E-state index contributed by atoms with van der Waals surface area (Å²) in [5.74, 6) is 1.39. The number of benzene rings is 2. The first-order chi connectivity index (χ1) is 13.6. The zero-order valence-corrected chi connectivity index (χ0v) is 16.1. The topological polar surface area (TPSA) is 43.4 Å². The molecule has 5 heteroatoms. The van der Waals surface area contributed by atoms with Crippen LogP contribution in [0, 0.1) is 5.82 Å². The standard InChI is InChI=1S/C23H14BrFO3/c24-17-5-1-15(2-6-17)21-12-10-19(27-21)9-11-20(26)23-14-13-22(28-23)16-3-7-18(25)8-4-16/h1-14H. The SMILES string of the molecule is O=C(C=Cc1ccc(-c2ccc(Br)cc2)o1)c1ccc(-c2ccc(F)cc2)o1. The molecule has 0 unspecified atom stereocenters. The molecule has 0 fully saturated rings. The fraction of sp³-hybridized carbons (Fsp3) is 0. The summed E-state index contributed by atoms with van der Waals surface area (Å²) in [6.45, 7) is 0. The van der Waals surface area contributed by atoms with E-state index in [-0.39, 0.29) is 17.4 Å². The second-order valence-corrected chi connectivity index (χ2v) is 6.99. The first kappa shape index (κ1) is 18.2. The third-order valence-corrected chi connectivity index (χ3v) is 4.66. The predicted molar refractivity (Wildman–Crippen MR) is 109 cm³/mol. The average molecular weight is 437 g/mol. The molecule has 0 saturated carbocycles. The largest absolute Gasteiger partial charge is 0.457 e. The Morgan fingerprint density at radius 2 is 1.39 bits per heavy atom. The Morgan fingerprint density at radius 3 is 2.11 bits per heavy atom. The molecule has 0 atom stereocenters. The highest BCUT2D eigenvalue weighted by molar-refractivity contribution is 9.10. The summed E-state index contributed by atoms with van der Waals surface area (Å²) in [6, 6.07) is 20.6. The van der Waals surface area contributed by atoms with Crippen LogP contribution in [0.25, 0.3) is 28.7 Å². The zero-order chi connectivity index (χ0) is 19.5. The van der Waals surface area contributed by atoms with Gasteiger partial charge in [-0.2, -0.15) is 0 Å². The van der Waals surface area contributed by atoms with Crippen molar-refractivity contribution in [2.45, 2.75) is 0 Å². The van der Waals surface area contributed by atoms with Crippen LogP contribution >= 0.6 is 15.9 Å². The van der Waals surface area contributed by atoms with Gasteiger partial charge in [-0.05, 0) is 72.8 Å². The van der Waals surface area contributed by atoms with Crippen molar-refractivity contribution < 1.29 is 18.0 Å². The summed E-state index contributed by atoms with van der Waals surface area (Å²) >= 11 is 3.40. The molecule has 2 aromatic carbocycles. The molecule has 4 aromatic rings. The predicted octanol–water partition coefficient (Wildman–Crippen LogP) is 7.00. The molecule has 28 heavy (non-hydrogen) atoms. The summed E-state index contributed by atoms with van der Waals surface area (Å²) < 4.78 is 25.4. The smallest absolute Gasteiger partial charge is 0.221 e. The third kappa shape index (κ3) is 4.05. The minimum atomic E-state index is -0.324. The maximum absolute atomic E-state index is 13.0. The van der Waals surface area contributed by atoms with Crippen molar-refractivity contribution in [3.63, 3.8) is 0 Å². The van der Waals surface area contributed by atoms with Crippen molar-refractivity contribution in [1.29, 1.82) is 0 Å². The summed E-state index contributed by atoms with van der Waals surface area (Å²) in [7, 11) is 0. The van der Waals surface area contributed by atoms with Gasteiger partial charge in [0, 0.05) is 15.6 Å². The van der Waals surface area contributed by atoms with Crippen molar-refractivity contribution in [2.24, 2.45) is 0 Å². The number of ketones is 1. The molecular weight excluding hydrogens is 423 g/mol. The number of hydrogen-bond donors (Lipinski definition) is 0. The molecule has 0 bridgehead atoms. The average Bonchev–Trinajstić information content (AvgIpc) is 3.37. The minimum Gasteiger partial charge on any atom is -0.457 e. The van der Waals surface area contributed by atoms with Gasteiger partial charge >= 0.3 is 0 Å². The number of rotatable bonds is 5. The monoisotopic (exact) mass is 436 g/mol. The van der Waals surface area contributed by atoms with Crippen LogP contribution in [-0.4, -0.2) is 5.78 Å². The van der Waals surface area contributed by atoms with E-state index in [1.54, 1.807) is 36.4 Å². The first-order valence-corrected chi connectivity index (χ1v) is 9.32. The van der Waals surface area contributed by atoms with Gasteiger partial charge in [-0.3, -0.25) is 4.79 Å². The van der Waals surface area contributed by atoms with E-state index in [2.05, 4.69) is 15.9 Å². The molecule has 2 aromatic heterocycles. The number of allylic oxidation sites excluding steroid dienone is 1. The Balaban J connectivity index is 1.47. The van der Waals surface area contributed by atoms with Gasteiger partial charge in [0.25, 0.3) is 0 Å². The van der Waals surface area contributed by atoms with E-state index < -0.39 is 0 Å². The molecule has 0 N–H and O–H groups in total. The van der Waals surface area contributed by atoms with Gasteiger partial charge in [0.05, 0.1) is 0 Å². The van der Waals surface area contributed by atoms with Crippen LogP contribution < -0.4 is 0 Å². The molecular formula is C23H14BrFO3. The molecule has 0 radical (unpaired) electrons. The lowest BCUT2D eigenvalue weighted by Crippen LogP contribution is -1.90. The highest BCUT2D eigenvalue weighted by atomic mass is 79.9. The van der Waals surface area contributed by atoms with Gasteiger partial charge in [-0.15, -0.1) is 0 Å². The van der Waals surface area contributed by atoms with Crippen LogP contribution in [0.2, 0.25) is 0 Å². The molecule has 4 rings (SSSR count). The van der Waals surface area contributed by atoms with Crippen molar-refractivity contribution in [3.05, 3.63) is 101 Å². The second-order valence-electron chi connectivity index (χ2n) is 6.08. The summed E-state index contributed by atoms with van der Waals surface area (Å²) in [4.78, 5) is 12.3. The van der Waals surface area contributed by atoms with E-state index in [4.69, 9.17) is 8.83 Å². The van der Waals surface area contributed by atoms with Gasteiger partial charge in [0.1, 0.15) is 23.1 Å². The number of furan rings is 2. The maximum atomic E-state index is 13.0. The molecule has 0 aliphatic heterocycles. The second kappa shape index (κ2) is 7.82. The quantitative estimate of drug-likeness (QED) is 0.249. The van der Waals surface area contributed by atoms with Gasteiger partial charge in [-0.25, -0.2) is 4.39 Å². The molecule has 138 valence electrons. The normalized spacial score (nSPS) is 11.2. The van der Waals surface area contributed by atoms with Crippen LogP contribution in [0.4, 0.5) is 4.39 Å². The lowest BCUT2D eigenvalue weighted by molar-refractivity contribution is 0.102. The Bertz CT molecular complexity index is 1140. The lowest BCUT2D eigenvalue weighted by Gasteiger charge is -1.97. The van der Waals surface area contributed by atoms with Crippen LogP contribution in [0.3, 0.4) is 0 Å². The Morgan fingerprint density at radius 1 is 0.786 bits per heavy atom. The fourth-order valence-corrected chi connectivity index (χ4v) is 2.96. The number of hydrogen-bond acceptors (Lipinski definition) is 3. The van der Waals surface area contributed by atoms with Crippen LogP contribution in [0.15, 0.2) is 92.2 Å². The van der Waals surface area contributed by atoms with E-state index in [0.717, 1.165) is 15.8 Å². The molecule has 0 spiro atoms. The molecule has 0 saturated heterocycles. The zero-order valence-electron chi connectivity index (χ0n) is 14.6. The molecule has 0 aliphatic carbocycles. The maximum Gasteiger partial charge on any atom is 0.221 e. The van der Waals surface area contributed by atoms with E-state index in [9.17, 15) is 9.18 Å². The number of halogens is 2.